The molecule has 0 aliphatic carbocycles. The van der Waals surface area contributed by atoms with E-state index in [0.717, 1.165) is 46.0 Å². The van der Waals surface area contributed by atoms with E-state index in [4.69, 9.17) is 4.74 Å². The topological polar surface area (TPSA) is 81.1 Å². The number of anilines is 2. The van der Waals surface area contributed by atoms with Crippen molar-refractivity contribution >= 4 is 38.5 Å². The van der Waals surface area contributed by atoms with Crippen molar-refractivity contribution in [2.45, 2.75) is 26.1 Å². The van der Waals surface area contributed by atoms with E-state index in [2.05, 4.69) is 39.4 Å². The molecule has 1 amide bonds. The van der Waals surface area contributed by atoms with Gasteiger partial charge < -0.3 is 15.4 Å². The van der Waals surface area contributed by atoms with E-state index in [9.17, 15) is 4.79 Å². The number of imidazole rings is 1. The molecule has 0 radical (unpaired) electrons. The number of amides is 1. The Bertz CT molecular complexity index is 1070. The summed E-state index contributed by atoms with van der Waals surface area (Å²) in [7, 11) is -0.559. The van der Waals surface area contributed by atoms with Gasteiger partial charge in [0.05, 0.1) is 24.3 Å². The van der Waals surface area contributed by atoms with Crippen LogP contribution in [0.4, 0.5) is 11.4 Å². The molecule has 0 fully saturated rings. The van der Waals surface area contributed by atoms with Crippen molar-refractivity contribution in [3.8, 4) is 11.1 Å². The van der Waals surface area contributed by atoms with Crippen LogP contribution in [-0.4, -0.2) is 57.6 Å². The first kappa shape index (κ1) is 20.7. The van der Waals surface area contributed by atoms with Gasteiger partial charge in [0.2, 0.25) is 5.91 Å². The maximum Gasteiger partial charge on any atom is 0.226 e. The summed E-state index contributed by atoms with van der Waals surface area (Å²) < 4.78 is 7.77. The number of nitrogens with one attached hydrogen (secondary N) is 2. The highest BCUT2D eigenvalue weighted by Gasteiger charge is 2.20. The number of para-hydroxylation sites is 1. The Morgan fingerprint density at radius 3 is 2.90 bits per heavy atom. The molecular weight excluding hydrogens is 398 g/mol. The number of hydrogen-bond acceptors (Lipinski definition) is 5. The van der Waals surface area contributed by atoms with Gasteiger partial charge in [-0.25, -0.2) is 20.0 Å². The molecule has 8 heteroatoms. The molecule has 30 heavy (non-hydrogen) atoms. The number of nitrogens with zero attached hydrogens (tertiary/aromatic N) is 3. The van der Waals surface area contributed by atoms with Crippen LogP contribution in [0.25, 0.3) is 22.3 Å². The first-order valence-corrected chi connectivity index (χ1v) is 13.1. The van der Waals surface area contributed by atoms with Gasteiger partial charge in [-0.05, 0) is 37.8 Å². The van der Waals surface area contributed by atoms with Crippen LogP contribution in [0.5, 0.6) is 0 Å². The first-order chi connectivity index (χ1) is 14.3. The third-order valence-electron chi connectivity index (χ3n) is 5.06. The highest BCUT2D eigenvalue weighted by molar-refractivity contribution is 8.32. The largest absolute Gasteiger partial charge is 0.380 e. The van der Waals surface area contributed by atoms with Gasteiger partial charge in [0.1, 0.15) is 12.2 Å². The summed E-state index contributed by atoms with van der Waals surface area (Å²) in [5.74, 6) is 1.10. The van der Waals surface area contributed by atoms with Crippen molar-refractivity contribution in [2.24, 2.45) is 0 Å². The minimum absolute atomic E-state index is 0.0197. The van der Waals surface area contributed by atoms with Crippen molar-refractivity contribution in [3.63, 3.8) is 0 Å². The minimum Gasteiger partial charge on any atom is -0.380 e. The maximum absolute atomic E-state index is 12.1. The van der Waals surface area contributed by atoms with Gasteiger partial charge in [0.25, 0.3) is 0 Å². The van der Waals surface area contributed by atoms with Crippen molar-refractivity contribution < 1.29 is 9.53 Å². The fourth-order valence-corrected chi connectivity index (χ4v) is 4.11. The summed E-state index contributed by atoms with van der Waals surface area (Å²) in [6, 6.07) is 7.98. The van der Waals surface area contributed by atoms with E-state index in [1.54, 1.807) is 6.33 Å². The molecule has 0 saturated heterocycles. The number of rotatable bonds is 6. The third-order valence-corrected chi connectivity index (χ3v) is 6.45. The zero-order valence-electron chi connectivity index (χ0n) is 17.9. The van der Waals surface area contributed by atoms with Gasteiger partial charge >= 0.3 is 0 Å². The molecule has 0 spiro atoms. The van der Waals surface area contributed by atoms with Crippen LogP contribution in [0.15, 0.2) is 36.8 Å². The van der Waals surface area contributed by atoms with Gasteiger partial charge in [-0.2, -0.15) is 0 Å². The summed E-state index contributed by atoms with van der Waals surface area (Å²) >= 11 is 0. The minimum atomic E-state index is -0.559. The van der Waals surface area contributed by atoms with E-state index in [1.807, 2.05) is 42.0 Å². The Labute approximate surface area is 178 Å². The summed E-state index contributed by atoms with van der Waals surface area (Å²) in [6.07, 6.45) is 10.9. The summed E-state index contributed by atoms with van der Waals surface area (Å²) in [5, 5.41) is 6.45. The van der Waals surface area contributed by atoms with Gasteiger partial charge in [-0.3, -0.25) is 9.36 Å². The lowest BCUT2D eigenvalue weighted by Gasteiger charge is -2.24. The molecule has 2 aromatic heterocycles. The Morgan fingerprint density at radius 1 is 1.27 bits per heavy atom. The van der Waals surface area contributed by atoms with Crippen LogP contribution in [0.3, 0.4) is 0 Å². The predicted molar refractivity (Wildman–Crippen MR) is 125 cm³/mol. The monoisotopic (exact) mass is 427 g/mol. The fourth-order valence-electron chi connectivity index (χ4n) is 3.49. The van der Waals surface area contributed by atoms with Crippen LogP contribution >= 0.6 is 10.0 Å². The molecule has 1 aromatic carbocycles. The smallest absolute Gasteiger partial charge is 0.226 e. The van der Waals surface area contributed by atoms with E-state index in [1.165, 1.54) is 0 Å². The molecule has 2 N–H and O–H groups in total. The molecule has 0 unspecified atom stereocenters. The summed E-state index contributed by atoms with van der Waals surface area (Å²) in [5.41, 5.74) is 5.29. The van der Waals surface area contributed by atoms with Crippen LogP contribution in [0.2, 0.25) is 0 Å². The van der Waals surface area contributed by atoms with E-state index in [0.29, 0.717) is 13.2 Å². The highest BCUT2D eigenvalue weighted by Crippen LogP contribution is 2.37. The van der Waals surface area contributed by atoms with E-state index >= 15 is 0 Å². The zero-order valence-corrected chi connectivity index (χ0v) is 18.8. The van der Waals surface area contributed by atoms with Gasteiger partial charge in [-0.1, -0.05) is 12.1 Å². The second-order valence-electron chi connectivity index (χ2n) is 8.64. The van der Waals surface area contributed by atoms with Gasteiger partial charge in [-0.15, -0.1) is 0 Å². The van der Waals surface area contributed by atoms with Crippen molar-refractivity contribution in [2.75, 3.05) is 41.8 Å². The third kappa shape index (κ3) is 4.60. The molecule has 3 aromatic rings. The number of fused-ring (bicyclic) bond motifs is 2. The molecule has 1 aliphatic rings. The lowest BCUT2D eigenvalue weighted by atomic mass is 10.0. The van der Waals surface area contributed by atoms with Crippen LogP contribution in [0.1, 0.15) is 13.3 Å². The lowest BCUT2D eigenvalue weighted by Crippen LogP contribution is -2.19. The van der Waals surface area contributed by atoms with Gasteiger partial charge in [0, 0.05) is 35.5 Å². The summed E-state index contributed by atoms with van der Waals surface area (Å²) in [4.78, 5) is 21.2. The second kappa shape index (κ2) is 8.28. The molecule has 160 valence electrons. The van der Waals surface area contributed by atoms with Crippen LogP contribution in [0, 0.1) is 0 Å². The SMILES string of the molecule is C[C@@H]1CC(=O)Nc2cccc(-c3cnc4c(c3)ncn4COCCS(C)(C)C)c2N1. The molecular formula is C22H29N5O2S. The molecule has 3 heterocycles. The predicted octanol–water partition coefficient (Wildman–Crippen LogP) is 3.91. The van der Waals surface area contributed by atoms with Crippen molar-refractivity contribution in [3.05, 3.63) is 36.8 Å². The van der Waals surface area contributed by atoms with Crippen molar-refractivity contribution in [1.82, 2.24) is 14.5 Å². The quantitative estimate of drug-likeness (QED) is 0.583. The molecule has 4 rings (SSSR count). The Balaban J connectivity index is 1.58. The number of hydrogen-bond donors (Lipinski definition) is 2. The Kier molecular flexibility index (Phi) is 5.71. The Hall–Kier alpha value is -2.58. The second-order valence-corrected chi connectivity index (χ2v) is 13.2. The fraction of sp³-hybridized carbons (Fsp3) is 0.409. The molecule has 1 aliphatic heterocycles. The summed E-state index contributed by atoms with van der Waals surface area (Å²) in [6.45, 7) is 3.20. The molecule has 7 nitrogen and oxygen atoms in total. The average Bonchev–Trinajstić information content (AvgIpc) is 3.00. The number of benzene rings is 1. The number of carbonyl (C=O) groups excluding carboxylic acids is 1. The normalized spacial score (nSPS) is 17.2. The van der Waals surface area contributed by atoms with Gasteiger partial charge in [0.15, 0.2) is 5.65 Å². The van der Waals surface area contributed by atoms with Crippen LogP contribution < -0.4 is 10.6 Å². The lowest BCUT2D eigenvalue weighted by molar-refractivity contribution is -0.116. The number of carbonyl (C=O) groups is 1. The number of pyridine rings is 1. The number of aromatic nitrogens is 3. The maximum atomic E-state index is 12.1. The molecule has 1 atom stereocenters. The van der Waals surface area contributed by atoms with Crippen LogP contribution in [-0.2, 0) is 16.3 Å². The molecule has 0 bridgehead atoms. The van der Waals surface area contributed by atoms with E-state index in [-0.39, 0.29) is 11.9 Å². The van der Waals surface area contributed by atoms with Crippen molar-refractivity contribution in [1.29, 1.82) is 0 Å². The zero-order chi connectivity index (χ0) is 21.3. The molecule has 0 saturated carbocycles. The highest BCUT2D eigenvalue weighted by atomic mass is 32.3. The number of ether oxygens (including phenoxy) is 1. The first-order valence-electron chi connectivity index (χ1n) is 10.0. The standard InChI is InChI=1S/C22H29N5O2S/c1-15-10-20(28)26-18-7-5-6-17(21(18)25-15)16-11-19-22(23-12-16)27(13-24-19)14-29-8-9-30(2,3)4/h5-7,11-13,15,25H,8-10,14H2,1-4H3,(H,26,28)/t15-/m1/s1. The average molecular weight is 428 g/mol. The van der Waals surface area contributed by atoms with E-state index < -0.39 is 10.0 Å². The Morgan fingerprint density at radius 2 is 2.10 bits per heavy atom.